The summed E-state index contributed by atoms with van der Waals surface area (Å²) in [5.41, 5.74) is 7.59. The van der Waals surface area contributed by atoms with Gasteiger partial charge in [-0.05, 0) is 30.3 Å². The van der Waals surface area contributed by atoms with Crippen LogP contribution in [0.2, 0.25) is 0 Å². The van der Waals surface area contributed by atoms with Gasteiger partial charge in [-0.25, -0.2) is 4.98 Å². The summed E-state index contributed by atoms with van der Waals surface area (Å²) in [6, 6.07) is 57.5. The minimum atomic E-state index is 0.596. The molecule has 0 aliphatic carbocycles. The van der Waals surface area contributed by atoms with Crippen LogP contribution in [0.3, 0.4) is 0 Å². The molecule has 51 heavy (non-hydrogen) atoms. The molecule has 11 aromatic rings. The molecule has 0 fully saturated rings. The molecule has 0 unspecified atom stereocenters. The van der Waals surface area contributed by atoms with Gasteiger partial charge >= 0.3 is 0 Å². The smallest absolute Gasteiger partial charge is 0.238 e. The average molecular weight is 670 g/mol. The van der Waals surface area contributed by atoms with E-state index in [4.69, 9.17) is 15.0 Å². The number of fused-ring (bicyclic) bond motifs is 12. The zero-order chi connectivity index (χ0) is 33.5. The standard InChI is InChI=1S/C45H27N5S/c1-4-16-28(17-5-1)43-46-44(29-18-6-2-7-19-29)48-45(47-43)50-35-26-14-11-23-32(35)38-37-31-22-10-13-25-34(31)49(30-20-8-3-9-21-30)40(37)39-33-24-12-15-27-36(33)51-42(39)41(38)50/h1-27H. The third-order valence-corrected chi connectivity index (χ3v) is 11.1. The first-order chi connectivity index (χ1) is 25.3. The largest absolute Gasteiger partial charge is 0.309 e. The van der Waals surface area contributed by atoms with Gasteiger partial charge in [0.15, 0.2) is 11.6 Å². The molecular formula is C45H27N5S. The average Bonchev–Trinajstić information content (AvgIpc) is 3.87. The van der Waals surface area contributed by atoms with E-state index in [1.54, 1.807) is 0 Å². The molecule has 238 valence electrons. The Balaban J connectivity index is 1.39. The fourth-order valence-corrected chi connectivity index (χ4v) is 9.08. The van der Waals surface area contributed by atoms with Crippen LogP contribution in [0.15, 0.2) is 164 Å². The van der Waals surface area contributed by atoms with Crippen LogP contribution in [-0.4, -0.2) is 24.1 Å². The Morgan fingerprint density at radius 3 is 1.51 bits per heavy atom. The van der Waals surface area contributed by atoms with Crippen LogP contribution in [0.5, 0.6) is 0 Å². The van der Waals surface area contributed by atoms with Crippen molar-refractivity contribution in [3.8, 4) is 34.4 Å². The number of aromatic nitrogens is 5. The highest BCUT2D eigenvalue weighted by atomic mass is 32.1. The molecule has 5 nitrogen and oxygen atoms in total. The molecule has 0 aliphatic rings. The zero-order valence-corrected chi connectivity index (χ0v) is 28.0. The van der Waals surface area contributed by atoms with E-state index in [1.807, 2.05) is 47.7 Å². The number of rotatable bonds is 4. The number of hydrogen-bond donors (Lipinski definition) is 0. The molecule has 0 bridgehead atoms. The molecule has 0 radical (unpaired) electrons. The Hall–Kier alpha value is -6.63. The molecule has 0 spiro atoms. The third-order valence-electron chi connectivity index (χ3n) is 9.95. The normalized spacial score (nSPS) is 11.9. The molecule has 0 N–H and O–H groups in total. The van der Waals surface area contributed by atoms with Gasteiger partial charge < -0.3 is 4.57 Å². The molecule has 0 amide bonds. The zero-order valence-electron chi connectivity index (χ0n) is 27.2. The van der Waals surface area contributed by atoms with Crippen LogP contribution in [0.4, 0.5) is 0 Å². The van der Waals surface area contributed by atoms with Crippen LogP contribution in [0, 0.1) is 0 Å². The van der Waals surface area contributed by atoms with E-state index in [2.05, 4.69) is 137 Å². The number of hydrogen-bond acceptors (Lipinski definition) is 4. The molecule has 4 heterocycles. The number of thiophene rings is 1. The van der Waals surface area contributed by atoms with Crippen LogP contribution in [-0.2, 0) is 0 Å². The molecular weight excluding hydrogens is 643 g/mol. The van der Waals surface area contributed by atoms with Crippen molar-refractivity contribution in [2.24, 2.45) is 0 Å². The molecule has 0 aliphatic heterocycles. The topological polar surface area (TPSA) is 48.5 Å². The number of para-hydroxylation sites is 3. The molecule has 6 heteroatoms. The van der Waals surface area contributed by atoms with Gasteiger partial charge in [0.25, 0.3) is 0 Å². The van der Waals surface area contributed by atoms with Crippen molar-refractivity contribution in [1.82, 2.24) is 24.1 Å². The Bertz CT molecular complexity index is 3060. The molecule has 4 aromatic heterocycles. The van der Waals surface area contributed by atoms with Crippen LogP contribution >= 0.6 is 11.3 Å². The minimum Gasteiger partial charge on any atom is -0.309 e. The predicted octanol–water partition coefficient (Wildman–Crippen LogP) is 11.8. The quantitative estimate of drug-likeness (QED) is 0.187. The number of benzene rings is 7. The van der Waals surface area contributed by atoms with Gasteiger partial charge in [0.05, 0.1) is 26.8 Å². The van der Waals surface area contributed by atoms with Crippen molar-refractivity contribution >= 4 is 75.1 Å². The van der Waals surface area contributed by atoms with E-state index >= 15 is 0 Å². The lowest BCUT2D eigenvalue weighted by molar-refractivity contribution is 0.955. The third kappa shape index (κ3) is 4.11. The summed E-state index contributed by atoms with van der Waals surface area (Å²) >= 11 is 1.84. The first-order valence-electron chi connectivity index (χ1n) is 17.1. The summed E-state index contributed by atoms with van der Waals surface area (Å²) in [7, 11) is 0. The lowest BCUT2D eigenvalue weighted by atomic mass is 10.0. The van der Waals surface area contributed by atoms with Crippen LogP contribution in [0.25, 0.3) is 98.2 Å². The lowest BCUT2D eigenvalue weighted by Gasteiger charge is -2.12. The van der Waals surface area contributed by atoms with E-state index in [0.717, 1.165) is 33.2 Å². The first kappa shape index (κ1) is 28.2. The highest BCUT2D eigenvalue weighted by Gasteiger charge is 2.27. The van der Waals surface area contributed by atoms with Gasteiger partial charge in [0, 0.05) is 53.8 Å². The van der Waals surface area contributed by atoms with Crippen molar-refractivity contribution < 1.29 is 0 Å². The van der Waals surface area contributed by atoms with Gasteiger partial charge in [-0.1, -0.05) is 133 Å². The molecule has 0 saturated heterocycles. The monoisotopic (exact) mass is 669 g/mol. The van der Waals surface area contributed by atoms with Crippen molar-refractivity contribution in [2.75, 3.05) is 0 Å². The summed E-state index contributed by atoms with van der Waals surface area (Å²) in [5, 5.41) is 7.29. The second-order valence-corrected chi connectivity index (χ2v) is 13.9. The Morgan fingerprint density at radius 1 is 0.392 bits per heavy atom. The summed E-state index contributed by atoms with van der Waals surface area (Å²) in [6.07, 6.45) is 0. The van der Waals surface area contributed by atoms with Gasteiger partial charge in [0.2, 0.25) is 5.95 Å². The fraction of sp³-hybridized carbons (Fsp3) is 0. The van der Waals surface area contributed by atoms with Gasteiger partial charge in [0.1, 0.15) is 0 Å². The summed E-state index contributed by atoms with van der Waals surface area (Å²) in [6.45, 7) is 0. The molecule has 0 saturated carbocycles. The van der Waals surface area contributed by atoms with Crippen LogP contribution < -0.4 is 0 Å². The second kappa shape index (κ2) is 10.9. The first-order valence-corrected chi connectivity index (χ1v) is 17.9. The molecule has 11 rings (SSSR count). The minimum absolute atomic E-state index is 0.596. The maximum Gasteiger partial charge on any atom is 0.238 e. The SMILES string of the molecule is c1ccc(-c2nc(-c3ccccc3)nc(-n3c4ccccc4c4c5c6ccccc6n(-c6ccccc6)c5c5c6ccccc6sc5c43)n2)cc1. The number of nitrogens with zero attached hydrogens (tertiary/aromatic N) is 5. The van der Waals surface area contributed by atoms with E-state index < -0.39 is 0 Å². The van der Waals surface area contributed by atoms with Crippen molar-refractivity contribution in [2.45, 2.75) is 0 Å². The van der Waals surface area contributed by atoms with Crippen molar-refractivity contribution in [3.63, 3.8) is 0 Å². The summed E-state index contributed by atoms with van der Waals surface area (Å²) in [4.78, 5) is 15.6. The summed E-state index contributed by atoms with van der Waals surface area (Å²) < 4.78 is 7.20. The maximum absolute atomic E-state index is 5.27. The van der Waals surface area contributed by atoms with Gasteiger partial charge in [-0.15, -0.1) is 11.3 Å². The Kier molecular flexibility index (Phi) is 6.05. The fourth-order valence-electron chi connectivity index (χ4n) is 7.84. The van der Waals surface area contributed by atoms with E-state index in [-0.39, 0.29) is 0 Å². The lowest BCUT2D eigenvalue weighted by Crippen LogP contribution is -2.06. The second-order valence-electron chi connectivity index (χ2n) is 12.8. The Labute approximate surface area is 296 Å². The Morgan fingerprint density at radius 2 is 0.882 bits per heavy atom. The van der Waals surface area contributed by atoms with Gasteiger partial charge in [-0.3, -0.25) is 4.57 Å². The highest BCUT2D eigenvalue weighted by Crippen LogP contribution is 2.50. The van der Waals surface area contributed by atoms with Crippen LogP contribution in [0.1, 0.15) is 0 Å². The molecule has 7 aromatic carbocycles. The van der Waals surface area contributed by atoms with Gasteiger partial charge in [-0.2, -0.15) is 9.97 Å². The van der Waals surface area contributed by atoms with E-state index in [0.29, 0.717) is 17.6 Å². The van der Waals surface area contributed by atoms with Crippen molar-refractivity contribution in [1.29, 1.82) is 0 Å². The predicted molar refractivity (Wildman–Crippen MR) is 212 cm³/mol. The summed E-state index contributed by atoms with van der Waals surface area (Å²) in [5.74, 6) is 1.87. The maximum atomic E-state index is 5.27. The van der Waals surface area contributed by atoms with E-state index in [1.165, 1.54) is 47.4 Å². The molecule has 0 atom stereocenters. The van der Waals surface area contributed by atoms with E-state index in [9.17, 15) is 0 Å². The highest BCUT2D eigenvalue weighted by molar-refractivity contribution is 7.27. The van der Waals surface area contributed by atoms with Crippen molar-refractivity contribution in [3.05, 3.63) is 164 Å².